The highest BCUT2D eigenvalue weighted by Crippen LogP contribution is 2.22. The molecule has 1 aliphatic heterocycles. The molecule has 2 amide bonds. The van der Waals surface area contributed by atoms with Crippen molar-refractivity contribution in [1.29, 1.82) is 0 Å². The van der Waals surface area contributed by atoms with Crippen LogP contribution in [0.15, 0.2) is 30.6 Å². The molecule has 0 aliphatic carbocycles. The summed E-state index contributed by atoms with van der Waals surface area (Å²) in [4.78, 5) is 33.1. The first-order chi connectivity index (χ1) is 12.0. The lowest BCUT2D eigenvalue weighted by Gasteiger charge is -2.14. The normalized spacial score (nSPS) is 12.9. The van der Waals surface area contributed by atoms with E-state index in [1.54, 1.807) is 23.2 Å². The summed E-state index contributed by atoms with van der Waals surface area (Å²) in [6.45, 7) is 3.08. The van der Waals surface area contributed by atoms with Crippen LogP contribution >= 0.6 is 0 Å². The molecule has 0 spiro atoms. The van der Waals surface area contributed by atoms with Crippen LogP contribution in [0.1, 0.15) is 28.5 Å². The number of hydrogen-bond acceptors (Lipinski definition) is 5. The molecular weight excluding hydrogens is 325 g/mol. The number of anilines is 1. The number of hydrogen-bond donors (Lipinski definition) is 2. The van der Waals surface area contributed by atoms with Gasteiger partial charge in [0.05, 0.1) is 24.0 Å². The van der Waals surface area contributed by atoms with Gasteiger partial charge in [0.15, 0.2) is 0 Å². The van der Waals surface area contributed by atoms with Gasteiger partial charge in [-0.25, -0.2) is 9.37 Å². The second-order valence-corrected chi connectivity index (χ2v) is 5.77. The first-order valence-corrected chi connectivity index (χ1v) is 7.90. The van der Waals surface area contributed by atoms with Gasteiger partial charge in [-0.3, -0.25) is 14.6 Å². The molecule has 1 aliphatic rings. The minimum Gasteiger partial charge on any atom is -0.366 e. The van der Waals surface area contributed by atoms with E-state index >= 15 is 0 Å². The maximum absolute atomic E-state index is 13.1. The summed E-state index contributed by atoms with van der Waals surface area (Å²) in [6, 6.07) is 4.86. The van der Waals surface area contributed by atoms with Crippen molar-refractivity contribution in [2.45, 2.75) is 20.0 Å². The Morgan fingerprint density at radius 1 is 1.36 bits per heavy atom. The average molecular weight is 343 g/mol. The maximum Gasteiger partial charge on any atom is 0.256 e. The Morgan fingerprint density at radius 3 is 2.96 bits per heavy atom. The summed E-state index contributed by atoms with van der Waals surface area (Å²) in [7, 11) is 0. The molecule has 7 nitrogen and oxygen atoms in total. The lowest BCUT2D eigenvalue weighted by atomic mass is 10.2. The topological polar surface area (TPSA) is 87.2 Å². The van der Waals surface area contributed by atoms with Crippen LogP contribution in [0.3, 0.4) is 0 Å². The Balaban J connectivity index is 1.62. The van der Waals surface area contributed by atoms with Crippen molar-refractivity contribution in [1.82, 2.24) is 20.2 Å². The van der Waals surface area contributed by atoms with Gasteiger partial charge in [-0.15, -0.1) is 0 Å². The van der Waals surface area contributed by atoms with Gasteiger partial charge in [0, 0.05) is 32.8 Å². The molecule has 0 aromatic carbocycles. The molecule has 2 aromatic rings. The monoisotopic (exact) mass is 343 g/mol. The van der Waals surface area contributed by atoms with Gasteiger partial charge >= 0.3 is 0 Å². The van der Waals surface area contributed by atoms with Crippen molar-refractivity contribution < 1.29 is 14.0 Å². The van der Waals surface area contributed by atoms with Crippen LogP contribution in [0.4, 0.5) is 10.2 Å². The van der Waals surface area contributed by atoms with Gasteiger partial charge in [-0.2, -0.15) is 0 Å². The fourth-order valence-corrected chi connectivity index (χ4v) is 2.63. The van der Waals surface area contributed by atoms with Crippen molar-refractivity contribution in [3.8, 4) is 0 Å². The van der Waals surface area contributed by atoms with E-state index in [-0.39, 0.29) is 17.6 Å². The highest BCUT2D eigenvalue weighted by atomic mass is 19.1. The standard InChI is InChI=1S/C17H18FN5O2/c1-11(24)20-4-5-23-10-15-14(17(23)25)2-3-16(22-15)21-8-12-6-13(18)9-19-7-12/h2-3,6-7,9H,4-5,8,10H2,1H3,(H,20,24)(H,21,22). The summed E-state index contributed by atoms with van der Waals surface area (Å²) in [6.07, 6.45) is 2.73. The van der Waals surface area contributed by atoms with E-state index in [9.17, 15) is 14.0 Å². The first-order valence-electron chi connectivity index (χ1n) is 7.90. The van der Waals surface area contributed by atoms with E-state index in [1.807, 2.05) is 0 Å². The zero-order valence-corrected chi connectivity index (χ0v) is 13.8. The number of carbonyl (C=O) groups excluding carboxylic acids is 2. The molecule has 0 radical (unpaired) electrons. The van der Waals surface area contributed by atoms with Gasteiger partial charge in [0.2, 0.25) is 5.91 Å². The first kappa shape index (κ1) is 16.8. The zero-order valence-electron chi connectivity index (χ0n) is 13.8. The Bertz CT molecular complexity index is 811. The van der Waals surface area contributed by atoms with Gasteiger partial charge in [0.25, 0.3) is 5.91 Å². The van der Waals surface area contributed by atoms with Gasteiger partial charge in [0.1, 0.15) is 11.6 Å². The number of amides is 2. The number of aromatic nitrogens is 2. The Morgan fingerprint density at radius 2 is 2.20 bits per heavy atom. The molecule has 0 saturated heterocycles. The maximum atomic E-state index is 13.1. The van der Waals surface area contributed by atoms with Crippen LogP contribution in [-0.4, -0.2) is 39.8 Å². The van der Waals surface area contributed by atoms with Gasteiger partial charge in [-0.1, -0.05) is 0 Å². The molecule has 2 N–H and O–H groups in total. The lowest BCUT2D eigenvalue weighted by molar-refractivity contribution is -0.119. The predicted molar refractivity (Wildman–Crippen MR) is 89.2 cm³/mol. The second-order valence-electron chi connectivity index (χ2n) is 5.77. The summed E-state index contributed by atoms with van der Waals surface area (Å²) < 4.78 is 13.1. The lowest BCUT2D eigenvalue weighted by Crippen LogP contribution is -2.34. The van der Waals surface area contributed by atoms with Crippen LogP contribution < -0.4 is 10.6 Å². The summed E-state index contributed by atoms with van der Waals surface area (Å²) in [5, 5.41) is 5.77. The van der Waals surface area contributed by atoms with Crippen LogP contribution in [0.25, 0.3) is 0 Å². The van der Waals surface area contributed by atoms with E-state index in [0.717, 1.165) is 6.20 Å². The fourth-order valence-electron chi connectivity index (χ4n) is 2.63. The van der Waals surface area contributed by atoms with Gasteiger partial charge < -0.3 is 15.5 Å². The summed E-state index contributed by atoms with van der Waals surface area (Å²) in [5.41, 5.74) is 1.96. The third kappa shape index (κ3) is 4.09. The third-order valence-electron chi connectivity index (χ3n) is 3.82. The third-order valence-corrected chi connectivity index (χ3v) is 3.82. The largest absolute Gasteiger partial charge is 0.366 e. The van der Waals surface area contributed by atoms with Crippen LogP contribution in [0.2, 0.25) is 0 Å². The molecule has 130 valence electrons. The zero-order chi connectivity index (χ0) is 17.8. The Hall–Kier alpha value is -3.03. The number of rotatable bonds is 6. The molecule has 0 bridgehead atoms. The van der Waals surface area contributed by atoms with Crippen molar-refractivity contribution in [2.24, 2.45) is 0 Å². The predicted octanol–water partition coefficient (Wildman–Crippen LogP) is 1.32. The molecule has 25 heavy (non-hydrogen) atoms. The molecular formula is C17H18FN5O2. The SMILES string of the molecule is CC(=O)NCCN1Cc2nc(NCc3cncc(F)c3)ccc2C1=O. The number of fused-ring (bicyclic) bond motifs is 1. The molecule has 3 rings (SSSR count). The van der Waals surface area contributed by atoms with Crippen LogP contribution in [0.5, 0.6) is 0 Å². The number of nitrogens with zero attached hydrogens (tertiary/aromatic N) is 3. The number of halogens is 1. The Labute approximate surface area is 144 Å². The van der Waals surface area contributed by atoms with Crippen molar-refractivity contribution >= 4 is 17.6 Å². The van der Waals surface area contributed by atoms with E-state index in [2.05, 4.69) is 20.6 Å². The van der Waals surface area contributed by atoms with E-state index in [4.69, 9.17) is 0 Å². The number of nitrogens with one attached hydrogen (secondary N) is 2. The molecule has 8 heteroatoms. The number of pyridine rings is 2. The highest BCUT2D eigenvalue weighted by molar-refractivity contribution is 5.98. The minimum atomic E-state index is -0.387. The van der Waals surface area contributed by atoms with E-state index in [0.29, 0.717) is 48.8 Å². The molecule has 2 aromatic heterocycles. The van der Waals surface area contributed by atoms with Crippen LogP contribution in [-0.2, 0) is 17.9 Å². The molecule has 0 fully saturated rings. The van der Waals surface area contributed by atoms with Crippen molar-refractivity contribution in [3.63, 3.8) is 0 Å². The molecule has 0 unspecified atom stereocenters. The highest BCUT2D eigenvalue weighted by Gasteiger charge is 2.28. The van der Waals surface area contributed by atoms with E-state index < -0.39 is 0 Å². The summed E-state index contributed by atoms with van der Waals surface area (Å²) >= 11 is 0. The quantitative estimate of drug-likeness (QED) is 0.826. The van der Waals surface area contributed by atoms with Crippen molar-refractivity contribution in [3.05, 3.63) is 53.2 Å². The van der Waals surface area contributed by atoms with Gasteiger partial charge in [-0.05, 0) is 23.8 Å². The van der Waals surface area contributed by atoms with Crippen molar-refractivity contribution in [2.75, 3.05) is 18.4 Å². The minimum absolute atomic E-state index is 0.0891. The molecule has 3 heterocycles. The Kier molecular flexibility index (Phi) is 4.87. The number of carbonyl (C=O) groups is 2. The van der Waals surface area contributed by atoms with E-state index in [1.165, 1.54) is 13.0 Å². The fraction of sp³-hybridized carbons (Fsp3) is 0.294. The average Bonchev–Trinajstić information content (AvgIpc) is 2.88. The second kappa shape index (κ2) is 7.25. The smallest absolute Gasteiger partial charge is 0.256 e. The summed E-state index contributed by atoms with van der Waals surface area (Å²) in [5.74, 6) is 0.00971. The molecule has 0 saturated carbocycles. The molecule has 0 atom stereocenters. The van der Waals surface area contributed by atoms with Crippen LogP contribution in [0, 0.1) is 5.82 Å².